The van der Waals surface area contributed by atoms with Crippen LogP contribution in [-0.2, 0) is 30.5 Å². The number of nitrogens with one attached hydrogen (secondary N) is 5. The zero-order valence-electron chi connectivity index (χ0n) is 46.5. The highest BCUT2D eigenvalue weighted by molar-refractivity contribution is 7.15. The molecule has 10 bridgehead atoms. The number of benzene rings is 1. The maximum Gasteiger partial charge on any atom is 0.413 e. The van der Waals surface area contributed by atoms with E-state index in [2.05, 4.69) is 38.1 Å². The molecule has 0 spiro atoms. The van der Waals surface area contributed by atoms with Crippen LogP contribution in [0.2, 0.25) is 0 Å². The summed E-state index contributed by atoms with van der Waals surface area (Å²) < 4.78 is 11.2. The third-order valence-electron chi connectivity index (χ3n) is 14.3. The zero-order valence-corrected chi connectivity index (χ0v) is 51.4. The number of aliphatic hydroxyl groups excluding tert-OH is 1. The summed E-state index contributed by atoms with van der Waals surface area (Å²) >= 11 is 7.53. The number of nitrogens with zero attached hydrogens (tertiary/aromatic N) is 7. The van der Waals surface area contributed by atoms with E-state index in [1.54, 1.807) is 72.0 Å². The summed E-state index contributed by atoms with van der Waals surface area (Å²) in [5.41, 5.74) is 3.83. The number of aryl methyl sites for hydroxylation is 1. The van der Waals surface area contributed by atoms with Gasteiger partial charge in [-0.1, -0.05) is 50.8 Å². The lowest BCUT2D eigenvalue weighted by Gasteiger charge is -2.25. The Balaban J connectivity index is 1.02. The molecule has 0 saturated heterocycles. The van der Waals surface area contributed by atoms with E-state index in [9.17, 15) is 39.0 Å². The maximum absolute atomic E-state index is 14.4. The monoisotopic (exact) mass is 1260 g/mol. The van der Waals surface area contributed by atoms with Gasteiger partial charge in [-0.3, -0.25) is 29.3 Å². The first-order chi connectivity index (χ1) is 40.9. The van der Waals surface area contributed by atoms with Crippen molar-refractivity contribution in [2.24, 2.45) is 11.8 Å². The summed E-state index contributed by atoms with van der Waals surface area (Å²) in [6.45, 7) is 9.97. The number of carboxylic acids is 1. The third-order valence-corrected chi connectivity index (χ3v) is 20.0. The van der Waals surface area contributed by atoms with E-state index < -0.39 is 54.1 Å². The van der Waals surface area contributed by atoms with Crippen molar-refractivity contribution in [3.8, 4) is 43.4 Å². The molecule has 1 aromatic carbocycles. The van der Waals surface area contributed by atoms with Gasteiger partial charge in [-0.15, -0.1) is 68.0 Å². The molecule has 4 amide bonds. The van der Waals surface area contributed by atoms with Crippen molar-refractivity contribution in [3.05, 3.63) is 118 Å². The lowest BCUT2D eigenvalue weighted by Crippen LogP contribution is -2.38. The number of fused-ring (bicyclic) bond motifs is 14. The SMILES string of the molecule is C=C1NCC(=O)N[C@@H]([C@@H](O)c2ccccc2)c2nc(cs2)-c2nc(cs2)-c2nc(-c3nc(NC(=O)OC4CCC(C(=O)O)CC4)cs3)ccc2-c2nc(cs2)C(=O)N[C@@H](CC(=O)NC)c2nc(c(C)s2)C(=O)C[C@H](C(C)C)c2nc1c(COC)s2. The van der Waals surface area contributed by atoms with Crippen LogP contribution in [0.4, 0.5) is 10.6 Å². The second kappa shape index (κ2) is 26.8. The molecule has 0 unspecified atom stereocenters. The summed E-state index contributed by atoms with van der Waals surface area (Å²) in [7, 11) is 3.06. The van der Waals surface area contributed by atoms with Crippen molar-refractivity contribution >= 4 is 115 Å². The molecule has 1 fully saturated rings. The molecule has 1 saturated carbocycles. The molecule has 1 aliphatic heterocycles. The summed E-state index contributed by atoms with van der Waals surface area (Å²) in [5, 5.41) is 45.4. The molecule has 442 valence electrons. The van der Waals surface area contributed by atoms with Crippen molar-refractivity contribution in [1.29, 1.82) is 0 Å². The van der Waals surface area contributed by atoms with E-state index in [0.29, 0.717) is 106 Å². The first-order valence-electron chi connectivity index (χ1n) is 26.9. The fourth-order valence-corrected chi connectivity index (χ4v) is 15.3. The molecule has 4 atom stereocenters. The van der Waals surface area contributed by atoms with Crippen molar-refractivity contribution in [1.82, 2.24) is 56.2 Å². The molecule has 7 N–H and O–H groups in total. The number of methoxy groups -OCH3 is 1. The fourth-order valence-electron chi connectivity index (χ4n) is 9.69. The van der Waals surface area contributed by atoms with Gasteiger partial charge in [0.25, 0.3) is 5.91 Å². The highest BCUT2D eigenvalue weighted by Gasteiger charge is 2.33. The Morgan fingerprint density at radius 3 is 2.21 bits per heavy atom. The lowest BCUT2D eigenvalue weighted by atomic mass is 9.87. The second-order valence-corrected chi connectivity index (χ2v) is 26.3. The molecule has 28 heteroatoms. The van der Waals surface area contributed by atoms with Crippen LogP contribution in [0.3, 0.4) is 0 Å². The van der Waals surface area contributed by atoms with Gasteiger partial charge in [0.15, 0.2) is 5.78 Å². The van der Waals surface area contributed by atoms with Crippen LogP contribution in [0.15, 0.2) is 70.6 Å². The number of carbonyl (C=O) groups excluding carboxylic acids is 5. The molecular weight excluding hydrogens is 1210 g/mol. The minimum Gasteiger partial charge on any atom is -0.481 e. The molecule has 1 aliphatic carbocycles. The normalized spacial score (nSPS) is 19.1. The van der Waals surface area contributed by atoms with Gasteiger partial charge < -0.3 is 41.0 Å². The number of aromatic nitrogens is 7. The van der Waals surface area contributed by atoms with Gasteiger partial charge in [0.1, 0.15) is 83.3 Å². The largest absolute Gasteiger partial charge is 0.481 e. The Morgan fingerprint density at radius 2 is 1.47 bits per heavy atom. The molecular formula is C57H58N12O10S6. The van der Waals surface area contributed by atoms with Crippen LogP contribution in [-0.4, -0.2) is 107 Å². The van der Waals surface area contributed by atoms with Gasteiger partial charge in [0.2, 0.25) is 11.8 Å². The molecule has 8 heterocycles. The summed E-state index contributed by atoms with van der Waals surface area (Å²) in [6, 6.07) is 10.5. The van der Waals surface area contributed by atoms with E-state index in [-0.39, 0.29) is 66.7 Å². The van der Waals surface area contributed by atoms with E-state index in [0.717, 1.165) is 4.88 Å². The van der Waals surface area contributed by atoms with Crippen LogP contribution in [0, 0.1) is 18.8 Å². The molecule has 2 aliphatic rings. The Kier molecular flexibility index (Phi) is 19.1. The van der Waals surface area contributed by atoms with Crippen molar-refractivity contribution < 1.29 is 48.5 Å². The number of ketones is 1. The summed E-state index contributed by atoms with van der Waals surface area (Å²) in [4.78, 5) is 116. The number of anilines is 1. The van der Waals surface area contributed by atoms with E-state index >= 15 is 0 Å². The van der Waals surface area contributed by atoms with Crippen molar-refractivity contribution in [2.75, 3.05) is 26.0 Å². The van der Waals surface area contributed by atoms with Gasteiger partial charge in [-0.25, -0.2) is 39.7 Å². The Labute approximate surface area is 511 Å². The number of pyridine rings is 1. The number of carbonyl (C=O) groups is 6. The highest BCUT2D eigenvalue weighted by Crippen LogP contribution is 2.41. The fraction of sp³-hybridized carbons (Fsp3) is 0.351. The number of rotatable bonds is 11. The van der Waals surface area contributed by atoms with Crippen LogP contribution >= 0.6 is 68.0 Å². The van der Waals surface area contributed by atoms with E-state index in [1.807, 2.05) is 19.9 Å². The molecule has 10 rings (SSSR count). The Bertz CT molecular complexity index is 3790. The van der Waals surface area contributed by atoms with E-state index in [4.69, 9.17) is 39.4 Å². The molecule has 8 aromatic rings. The van der Waals surface area contributed by atoms with Crippen LogP contribution < -0.4 is 26.6 Å². The molecule has 22 nitrogen and oxygen atoms in total. The number of hydrogen-bond donors (Lipinski definition) is 7. The Hall–Kier alpha value is -7.57. The second-order valence-electron chi connectivity index (χ2n) is 20.4. The number of aliphatic carboxylic acids is 1. The topological polar surface area (TPSA) is 312 Å². The van der Waals surface area contributed by atoms with Crippen LogP contribution in [0.1, 0.15) is 133 Å². The van der Waals surface area contributed by atoms with Gasteiger partial charge in [0, 0.05) is 58.5 Å². The van der Waals surface area contributed by atoms with Crippen molar-refractivity contribution in [2.45, 2.75) is 96.1 Å². The van der Waals surface area contributed by atoms with Gasteiger partial charge in [0.05, 0.1) is 52.8 Å². The molecule has 0 radical (unpaired) electrons. The predicted octanol–water partition coefficient (Wildman–Crippen LogP) is 10.2. The van der Waals surface area contributed by atoms with Gasteiger partial charge in [-0.05, 0) is 56.2 Å². The minimum atomic E-state index is -1.22. The number of carboxylic acid groups (broad SMARTS) is 1. The number of thiazole rings is 6. The maximum atomic E-state index is 14.4. The molecule has 85 heavy (non-hydrogen) atoms. The highest BCUT2D eigenvalue weighted by atomic mass is 32.1. The van der Waals surface area contributed by atoms with Crippen LogP contribution in [0.5, 0.6) is 0 Å². The number of Topliss-reactive ketones (excluding diaryl/α,β-unsaturated/α-hetero) is 1. The summed E-state index contributed by atoms with van der Waals surface area (Å²) in [6.07, 6.45) is -0.795. The first kappa shape index (κ1) is 60.5. The number of hydrogen-bond acceptors (Lipinski definition) is 23. The number of ether oxygens (including phenoxy) is 2. The smallest absolute Gasteiger partial charge is 0.413 e. The predicted molar refractivity (Wildman–Crippen MR) is 327 cm³/mol. The first-order valence-corrected chi connectivity index (χ1v) is 32.1. The number of aliphatic hydroxyl groups is 1. The minimum absolute atomic E-state index is 0.0417. The van der Waals surface area contributed by atoms with Gasteiger partial charge >= 0.3 is 12.1 Å². The van der Waals surface area contributed by atoms with Gasteiger partial charge in [-0.2, -0.15) is 0 Å². The average molecular weight is 1260 g/mol. The average Bonchev–Trinajstić information content (AvgIpc) is 4.46. The van der Waals surface area contributed by atoms with Crippen LogP contribution in [0.25, 0.3) is 49.1 Å². The number of amides is 4. The third kappa shape index (κ3) is 14.1. The Morgan fingerprint density at radius 1 is 0.765 bits per heavy atom. The molecule has 7 aromatic heterocycles. The zero-order chi connectivity index (χ0) is 60.1. The quantitative estimate of drug-likeness (QED) is 0.0633. The summed E-state index contributed by atoms with van der Waals surface area (Å²) in [5.74, 6) is -3.19. The van der Waals surface area contributed by atoms with Crippen molar-refractivity contribution in [3.63, 3.8) is 0 Å². The van der Waals surface area contributed by atoms with E-state index in [1.165, 1.54) is 75.1 Å². The standard InChI is InChI=1S/C57H58N12O10S6/c1-26(2)33-18-39(70)45-28(4)84-54(69-45)35(19-42(71)58-5)61-49(74)37-23-80-50(63-37)32-16-17-34(52-65-41(25-83-52)66-57(77)79-31-14-12-30(13-15-31)56(75)76)60-46(32)36-22-81-53(62-36)38-24-82-55(64-38)47(48(73)29-10-8-7-9-11-29)67-43(72)20-59-27(3)44-40(21-78-6)85-51(33)68-44/h7-11,16-17,22-26,30-31,33,35,47-48,59,73H,3,12-15,18-21H2,1-2,4-6H3,(H,58,71)(H,61,74)(H,66,77)(H,67,72)(H,75,76)/t30?,31?,33-,35+,47+,48+/m1/s1. The lowest BCUT2D eigenvalue weighted by molar-refractivity contribution is -0.143.